The van der Waals surface area contributed by atoms with Gasteiger partial charge >= 0.3 is 0 Å². The zero-order valence-electron chi connectivity index (χ0n) is 17.1. The van der Waals surface area contributed by atoms with Crippen LogP contribution in [0, 0.1) is 6.92 Å². The highest BCUT2D eigenvalue weighted by molar-refractivity contribution is 6.08. The Bertz CT molecular complexity index is 1030. The topological polar surface area (TPSA) is 71.1 Å². The molecule has 0 saturated heterocycles. The van der Waals surface area contributed by atoms with E-state index in [9.17, 15) is 9.59 Å². The molecule has 2 N–H and O–H groups in total. The molecule has 29 heavy (non-hydrogen) atoms. The third-order valence-corrected chi connectivity index (χ3v) is 4.55. The maximum absolute atomic E-state index is 12.8. The van der Waals surface area contributed by atoms with Crippen LogP contribution in [0.1, 0.15) is 52.7 Å². The Hall–Kier alpha value is -3.47. The normalized spacial score (nSPS) is 11.0. The van der Waals surface area contributed by atoms with Crippen molar-refractivity contribution < 1.29 is 9.59 Å². The highest BCUT2D eigenvalue weighted by atomic mass is 16.2. The fraction of sp³-hybridized carbons (Fsp3) is 0.208. The summed E-state index contributed by atoms with van der Waals surface area (Å²) in [6, 6.07) is 18.3. The van der Waals surface area contributed by atoms with Crippen LogP contribution in [-0.4, -0.2) is 16.8 Å². The van der Waals surface area contributed by atoms with Crippen LogP contribution in [0.4, 0.5) is 11.4 Å². The number of pyridine rings is 1. The average molecular weight is 387 g/mol. The number of rotatable bonds is 4. The summed E-state index contributed by atoms with van der Waals surface area (Å²) in [5.74, 6) is -0.646. The molecular weight excluding hydrogens is 362 g/mol. The molecule has 2 aromatic carbocycles. The first-order valence-corrected chi connectivity index (χ1v) is 9.49. The molecule has 0 saturated carbocycles. The van der Waals surface area contributed by atoms with Crippen LogP contribution in [0.25, 0.3) is 0 Å². The van der Waals surface area contributed by atoms with Gasteiger partial charge in [-0.1, -0.05) is 56.7 Å². The van der Waals surface area contributed by atoms with Gasteiger partial charge in [-0.15, -0.1) is 0 Å². The van der Waals surface area contributed by atoms with Gasteiger partial charge in [-0.05, 0) is 48.2 Å². The molecule has 2 amide bonds. The predicted octanol–water partition coefficient (Wildman–Crippen LogP) is 5.19. The minimum absolute atomic E-state index is 0.110. The second-order valence-corrected chi connectivity index (χ2v) is 8.00. The number of hydrogen-bond donors (Lipinski definition) is 2. The van der Waals surface area contributed by atoms with Crippen molar-refractivity contribution in [3.05, 3.63) is 89.2 Å². The van der Waals surface area contributed by atoms with Crippen LogP contribution in [0.3, 0.4) is 0 Å². The van der Waals surface area contributed by atoms with Gasteiger partial charge in [0, 0.05) is 23.1 Å². The van der Waals surface area contributed by atoms with Crippen molar-refractivity contribution in [1.82, 2.24) is 4.98 Å². The highest BCUT2D eigenvalue weighted by Gasteiger charge is 2.19. The van der Waals surface area contributed by atoms with Gasteiger partial charge < -0.3 is 10.6 Å². The number of aromatic nitrogens is 1. The predicted molar refractivity (Wildman–Crippen MR) is 116 cm³/mol. The first kappa shape index (κ1) is 20.3. The molecule has 0 radical (unpaired) electrons. The van der Waals surface area contributed by atoms with Crippen LogP contribution in [0.2, 0.25) is 0 Å². The maximum Gasteiger partial charge on any atom is 0.274 e. The van der Waals surface area contributed by atoms with Gasteiger partial charge in [-0.2, -0.15) is 0 Å². The minimum atomic E-state index is -0.362. The van der Waals surface area contributed by atoms with Gasteiger partial charge in [-0.25, -0.2) is 0 Å². The number of nitrogens with zero attached hydrogens (tertiary/aromatic N) is 1. The molecule has 1 heterocycles. The molecule has 5 nitrogen and oxygen atoms in total. The van der Waals surface area contributed by atoms with Gasteiger partial charge in [0.1, 0.15) is 5.69 Å². The highest BCUT2D eigenvalue weighted by Crippen LogP contribution is 2.29. The van der Waals surface area contributed by atoms with E-state index in [4.69, 9.17) is 0 Å². The number of carbonyl (C=O) groups is 2. The van der Waals surface area contributed by atoms with Crippen molar-refractivity contribution in [1.29, 1.82) is 0 Å². The molecule has 0 atom stereocenters. The standard InChI is InChI=1S/C24H25N3O2/c1-16-9-11-18(12-10-16)26-23(29)21-15-17(13-14-25-21)22(28)27-20-8-6-5-7-19(20)24(2,3)4/h5-15H,1-4H3,(H,26,29)(H,27,28). The average Bonchev–Trinajstić information content (AvgIpc) is 2.69. The van der Waals surface area contributed by atoms with Crippen molar-refractivity contribution in [2.24, 2.45) is 0 Å². The SMILES string of the molecule is Cc1ccc(NC(=O)c2cc(C(=O)Nc3ccccc3C(C)(C)C)ccn2)cc1. The summed E-state index contributed by atoms with van der Waals surface area (Å²) in [6.45, 7) is 8.26. The Balaban J connectivity index is 1.78. The van der Waals surface area contributed by atoms with E-state index < -0.39 is 0 Å². The summed E-state index contributed by atoms with van der Waals surface area (Å²) in [5.41, 5.74) is 4.03. The number of para-hydroxylation sites is 1. The van der Waals surface area contributed by atoms with Gasteiger partial charge in [-0.3, -0.25) is 14.6 Å². The molecule has 0 unspecified atom stereocenters. The summed E-state index contributed by atoms with van der Waals surface area (Å²) in [5, 5.41) is 5.75. The number of aryl methyl sites for hydroxylation is 1. The molecule has 0 fully saturated rings. The van der Waals surface area contributed by atoms with Crippen molar-refractivity contribution in [2.75, 3.05) is 10.6 Å². The lowest BCUT2D eigenvalue weighted by atomic mass is 9.86. The van der Waals surface area contributed by atoms with E-state index >= 15 is 0 Å². The first-order chi connectivity index (χ1) is 13.7. The lowest BCUT2D eigenvalue weighted by Gasteiger charge is -2.23. The lowest BCUT2D eigenvalue weighted by molar-refractivity contribution is 0.102. The quantitative estimate of drug-likeness (QED) is 0.647. The number of hydrogen-bond acceptors (Lipinski definition) is 3. The molecule has 1 aromatic heterocycles. The van der Waals surface area contributed by atoms with Crippen molar-refractivity contribution in [3.8, 4) is 0 Å². The second kappa shape index (κ2) is 8.27. The first-order valence-electron chi connectivity index (χ1n) is 9.49. The number of carbonyl (C=O) groups excluding carboxylic acids is 2. The summed E-state index contributed by atoms with van der Waals surface area (Å²) in [4.78, 5) is 29.4. The van der Waals surface area contributed by atoms with E-state index in [1.54, 1.807) is 6.07 Å². The Morgan fingerprint density at radius 3 is 2.24 bits per heavy atom. The molecule has 0 aliphatic carbocycles. The van der Waals surface area contributed by atoms with Crippen LogP contribution in [-0.2, 0) is 5.41 Å². The van der Waals surface area contributed by atoms with Crippen molar-refractivity contribution >= 4 is 23.2 Å². The molecule has 0 aliphatic heterocycles. The number of amides is 2. The smallest absolute Gasteiger partial charge is 0.274 e. The molecule has 3 rings (SSSR count). The summed E-state index contributed by atoms with van der Waals surface area (Å²) in [6.07, 6.45) is 1.47. The molecular formula is C24H25N3O2. The zero-order valence-corrected chi connectivity index (χ0v) is 17.1. The van der Waals surface area contributed by atoms with Crippen molar-refractivity contribution in [2.45, 2.75) is 33.1 Å². The van der Waals surface area contributed by atoms with Gasteiger partial charge in [0.2, 0.25) is 0 Å². The summed E-state index contributed by atoms with van der Waals surface area (Å²) < 4.78 is 0. The van der Waals surface area contributed by atoms with E-state index in [0.717, 1.165) is 16.8 Å². The van der Waals surface area contributed by atoms with Crippen molar-refractivity contribution in [3.63, 3.8) is 0 Å². The third kappa shape index (κ3) is 5.08. The Morgan fingerprint density at radius 1 is 0.862 bits per heavy atom. The van der Waals surface area contributed by atoms with Gasteiger partial charge in [0.15, 0.2) is 0 Å². The van der Waals surface area contributed by atoms with Gasteiger partial charge in [0.05, 0.1) is 0 Å². The molecule has 0 bridgehead atoms. The number of benzene rings is 2. The van der Waals surface area contributed by atoms with Crippen LogP contribution >= 0.6 is 0 Å². The number of nitrogens with one attached hydrogen (secondary N) is 2. The third-order valence-electron chi connectivity index (χ3n) is 4.55. The van der Waals surface area contributed by atoms with E-state index in [1.165, 1.54) is 12.3 Å². The zero-order chi connectivity index (χ0) is 21.0. The fourth-order valence-electron chi connectivity index (χ4n) is 2.97. The van der Waals surface area contributed by atoms with E-state index in [-0.39, 0.29) is 22.9 Å². The van der Waals surface area contributed by atoms with E-state index in [0.29, 0.717) is 11.3 Å². The molecule has 5 heteroatoms. The Morgan fingerprint density at radius 2 is 1.55 bits per heavy atom. The molecule has 0 spiro atoms. The minimum Gasteiger partial charge on any atom is -0.322 e. The van der Waals surface area contributed by atoms with Crippen LogP contribution in [0.15, 0.2) is 66.9 Å². The van der Waals surface area contributed by atoms with E-state index in [2.05, 4.69) is 36.4 Å². The summed E-state index contributed by atoms with van der Waals surface area (Å²) in [7, 11) is 0. The van der Waals surface area contributed by atoms with Crippen LogP contribution in [0.5, 0.6) is 0 Å². The van der Waals surface area contributed by atoms with Gasteiger partial charge in [0.25, 0.3) is 11.8 Å². The van der Waals surface area contributed by atoms with Crippen LogP contribution < -0.4 is 10.6 Å². The lowest BCUT2D eigenvalue weighted by Crippen LogP contribution is -2.20. The Labute approximate surface area is 171 Å². The summed E-state index contributed by atoms with van der Waals surface area (Å²) >= 11 is 0. The Kier molecular flexibility index (Phi) is 5.78. The molecule has 3 aromatic rings. The second-order valence-electron chi connectivity index (χ2n) is 8.00. The maximum atomic E-state index is 12.8. The molecule has 148 valence electrons. The fourth-order valence-corrected chi connectivity index (χ4v) is 2.97. The number of anilines is 2. The van der Waals surface area contributed by atoms with E-state index in [1.807, 2.05) is 55.5 Å². The largest absolute Gasteiger partial charge is 0.322 e. The molecule has 0 aliphatic rings. The monoisotopic (exact) mass is 387 g/mol.